The number of fused-ring (bicyclic) bond motifs is 1. The minimum Gasteiger partial charge on any atom is -0.496 e. The summed E-state index contributed by atoms with van der Waals surface area (Å²) in [6, 6.07) is 7.16. The minimum absolute atomic E-state index is 0.231. The van der Waals surface area contributed by atoms with Crippen LogP contribution < -0.4 is 19.5 Å². The summed E-state index contributed by atoms with van der Waals surface area (Å²) in [6.45, 7) is 3.65. The number of nitrogens with zero attached hydrogens (tertiary/aromatic N) is 4. The van der Waals surface area contributed by atoms with Crippen LogP contribution in [-0.2, 0) is 25.9 Å². The molecule has 0 unspecified atom stereocenters. The number of carbonyl (C=O) groups excluding carboxylic acids is 1. The Morgan fingerprint density at radius 1 is 1.06 bits per heavy atom. The van der Waals surface area contributed by atoms with Gasteiger partial charge in [0, 0.05) is 57.2 Å². The third kappa shape index (κ3) is 5.11. The van der Waals surface area contributed by atoms with Gasteiger partial charge in [0.2, 0.25) is 0 Å². The fraction of sp³-hybridized carbons (Fsp3) is 0.435. The Morgan fingerprint density at radius 3 is 2.58 bits per heavy atom. The maximum Gasteiger partial charge on any atom is 0.286 e. The van der Waals surface area contributed by atoms with Gasteiger partial charge in [0.05, 0.1) is 27.6 Å². The van der Waals surface area contributed by atoms with Crippen molar-refractivity contribution in [1.82, 2.24) is 25.0 Å². The minimum atomic E-state index is -0.231. The van der Waals surface area contributed by atoms with Crippen molar-refractivity contribution in [3.63, 3.8) is 0 Å². The summed E-state index contributed by atoms with van der Waals surface area (Å²) < 4.78 is 23.7. The number of rotatable bonds is 9. The smallest absolute Gasteiger partial charge is 0.286 e. The molecule has 2 aromatic heterocycles. The summed E-state index contributed by atoms with van der Waals surface area (Å²) in [5, 5.41) is 11.6. The lowest BCUT2D eigenvalue weighted by atomic mass is 10.1. The first-order valence-corrected chi connectivity index (χ1v) is 10.9. The second kappa shape index (κ2) is 10.4. The van der Waals surface area contributed by atoms with Crippen LogP contribution in [0, 0.1) is 0 Å². The van der Waals surface area contributed by atoms with Crippen LogP contribution in [0.4, 0.5) is 0 Å². The van der Waals surface area contributed by atoms with Gasteiger partial charge in [0.25, 0.3) is 5.91 Å². The van der Waals surface area contributed by atoms with Gasteiger partial charge in [0.1, 0.15) is 17.4 Å². The SMILES string of the molecule is COc1cc(OC)c(OC)cc1CN1CCc2nnc(CCNC(=O)c3ccco3)n2CC1. The van der Waals surface area contributed by atoms with Crippen molar-refractivity contribution in [2.24, 2.45) is 0 Å². The molecule has 0 saturated carbocycles. The van der Waals surface area contributed by atoms with E-state index in [-0.39, 0.29) is 5.91 Å². The van der Waals surface area contributed by atoms with Crippen LogP contribution in [0.5, 0.6) is 17.2 Å². The van der Waals surface area contributed by atoms with Crippen molar-refractivity contribution < 1.29 is 23.4 Å². The number of nitrogens with one attached hydrogen (secondary N) is 1. The number of hydrogen-bond donors (Lipinski definition) is 1. The topological polar surface area (TPSA) is 104 Å². The first kappa shape index (κ1) is 22.7. The zero-order valence-corrected chi connectivity index (χ0v) is 19.2. The summed E-state index contributed by atoms with van der Waals surface area (Å²) in [7, 11) is 4.90. The molecule has 33 heavy (non-hydrogen) atoms. The van der Waals surface area contributed by atoms with Gasteiger partial charge >= 0.3 is 0 Å². The molecule has 0 spiro atoms. The molecule has 3 aromatic rings. The fourth-order valence-corrected chi connectivity index (χ4v) is 4.01. The van der Waals surface area contributed by atoms with Crippen molar-refractivity contribution in [1.29, 1.82) is 0 Å². The fourth-order valence-electron chi connectivity index (χ4n) is 4.01. The Hall–Kier alpha value is -3.53. The second-order valence-electron chi connectivity index (χ2n) is 7.71. The molecule has 10 heteroatoms. The molecule has 0 saturated heterocycles. The van der Waals surface area contributed by atoms with Crippen LogP contribution in [0.2, 0.25) is 0 Å². The number of methoxy groups -OCH3 is 3. The molecule has 0 aliphatic carbocycles. The largest absolute Gasteiger partial charge is 0.496 e. The van der Waals surface area contributed by atoms with Crippen LogP contribution in [0.15, 0.2) is 34.9 Å². The van der Waals surface area contributed by atoms with E-state index in [1.807, 2.05) is 12.1 Å². The molecule has 1 amide bonds. The van der Waals surface area contributed by atoms with Crippen molar-refractivity contribution >= 4 is 5.91 Å². The van der Waals surface area contributed by atoms with E-state index in [2.05, 4.69) is 25.0 Å². The lowest BCUT2D eigenvalue weighted by Gasteiger charge is -2.22. The Kier molecular flexibility index (Phi) is 7.13. The summed E-state index contributed by atoms with van der Waals surface area (Å²) in [5.74, 6) is 3.99. The van der Waals surface area contributed by atoms with E-state index in [4.69, 9.17) is 18.6 Å². The highest BCUT2D eigenvalue weighted by molar-refractivity contribution is 5.91. The maximum atomic E-state index is 12.1. The molecule has 0 bridgehead atoms. The van der Waals surface area contributed by atoms with Crippen LogP contribution >= 0.6 is 0 Å². The molecule has 1 N–H and O–H groups in total. The van der Waals surface area contributed by atoms with Gasteiger partial charge in [-0.1, -0.05) is 0 Å². The molecule has 1 aliphatic rings. The van der Waals surface area contributed by atoms with Gasteiger partial charge in [-0.05, 0) is 18.2 Å². The van der Waals surface area contributed by atoms with Gasteiger partial charge in [0.15, 0.2) is 17.3 Å². The highest BCUT2D eigenvalue weighted by Crippen LogP contribution is 2.35. The number of aromatic nitrogens is 3. The Balaban J connectivity index is 1.37. The van der Waals surface area contributed by atoms with Crippen LogP contribution in [0.25, 0.3) is 0 Å². The van der Waals surface area contributed by atoms with E-state index < -0.39 is 0 Å². The van der Waals surface area contributed by atoms with E-state index in [1.165, 1.54) is 6.26 Å². The average Bonchev–Trinajstić information content (AvgIpc) is 3.46. The number of carbonyl (C=O) groups is 1. The number of amides is 1. The van der Waals surface area contributed by atoms with Gasteiger partial charge in [-0.3, -0.25) is 9.69 Å². The quantitative estimate of drug-likeness (QED) is 0.522. The van der Waals surface area contributed by atoms with Gasteiger partial charge in [-0.2, -0.15) is 0 Å². The summed E-state index contributed by atoms with van der Waals surface area (Å²) >= 11 is 0. The first-order valence-electron chi connectivity index (χ1n) is 10.9. The zero-order chi connectivity index (χ0) is 23.2. The van der Waals surface area contributed by atoms with Crippen LogP contribution in [0.3, 0.4) is 0 Å². The maximum absolute atomic E-state index is 12.1. The second-order valence-corrected chi connectivity index (χ2v) is 7.71. The summed E-state index contributed by atoms with van der Waals surface area (Å²) in [4.78, 5) is 14.4. The number of hydrogen-bond acceptors (Lipinski definition) is 8. The lowest BCUT2D eigenvalue weighted by molar-refractivity contribution is 0.0926. The van der Waals surface area contributed by atoms with Gasteiger partial charge in [-0.25, -0.2) is 0 Å². The highest BCUT2D eigenvalue weighted by Gasteiger charge is 2.21. The predicted molar refractivity (Wildman–Crippen MR) is 120 cm³/mol. The Bertz CT molecular complexity index is 1080. The van der Waals surface area contributed by atoms with Crippen molar-refractivity contribution in [2.75, 3.05) is 41.0 Å². The molecular formula is C23H29N5O5. The molecule has 1 aromatic carbocycles. The van der Waals surface area contributed by atoms with E-state index >= 15 is 0 Å². The monoisotopic (exact) mass is 455 g/mol. The lowest BCUT2D eigenvalue weighted by Crippen LogP contribution is -2.28. The average molecular weight is 456 g/mol. The van der Waals surface area contributed by atoms with Crippen molar-refractivity contribution in [2.45, 2.75) is 25.9 Å². The molecular weight excluding hydrogens is 426 g/mol. The van der Waals surface area contributed by atoms with E-state index in [1.54, 1.807) is 33.5 Å². The van der Waals surface area contributed by atoms with Crippen LogP contribution in [-0.4, -0.2) is 66.5 Å². The molecule has 0 atom stereocenters. The third-order valence-electron chi connectivity index (χ3n) is 5.76. The number of furan rings is 1. The number of benzene rings is 1. The van der Waals surface area contributed by atoms with E-state index in [0.717, 1.165) is 55.6 Å². The molecule has 0 radical (unpaired) electrons. The van der Waals surface area contributed by atoms with Crippen LogP contribution in [0.1, 0.15) is 27.8 Å². The Labute approximate surface area is 192 Å². The zero-order valence-electron chi connectivity index (χ0n) is 19.2. The van der Waals surface area contributed by atoms with Gasteiger partial charge < -0.3 is 28.5 Å². The molecule has 10 nitrogen and oxygen atoms in total. The molecule has 3 heterocycles. The molecule has 176 valence electrons. The van der Waals surface area contributed by atoms with Gasteiger partial charge in [-0.15, -0.1) is 10.2 Å². The van der Waals surface area contributed by atoms with E-state index in [9.17, 15) is 4.79 Å². The predicted octanol–water partition coefficient (Wildman–Crippen LogP) is 1.93. The molecule has 0 fully saturated rings. The summed E-state index contributed by atoms with van der Waals surface area (Å²) in [6.07, 6.45) is 2.88. The van der Waals surface area contributed by atoms with Crippen molar-refractivity contribution in [3.8, 4) is 17.2 Å². The Morgan fingerprint density at radius 2 is 1.85 bits per heavy atom. The third-order valence-corrected chi connectivity index (χ3v) is 5.76. The number of ether oxygens (including phenoxy) is 3. The standard InChI is InChI=1S/C23H29N5O5/c1-30-18-14-20(32-3)19(31-2)13-16(18)15-27-9-7-22-26-25-21(28(22)11-10-27)6-8-24-23(29)17-5-4-12-33-17/h4-5,12-14H,6-11,15H2,1-3H3,(H,24,29). The summed E-state index contributed by atoms with van der Waals surface area (Å²) in [5.41, 5.74) is 1.04. The molecule has 4 rings (SSSR count). The van der Waals surface area contributed by atoms with E-state index in [0.29, 0.717) is 30.2 Å². The first-order chi connectivity index (χ1) is 16.1. The van der Waals surface area contributed by atoms with Crippen molar-refractivity contribution in [3.05, 3.63) is 53.5 Å². The molecule has 1 aliphatic heterocycles. The normalized spacial score (nSPS) is 13.8. The highest BCUT2D eigenvalue weighted by atomic mass is 16.5.